The third-order valence-corrected chi connectivity index (χ3v) is 4.62. The number of halogens is 1. The number of benzene rings is 1. The van der Waals surface area contributed by atoms with Crippen molar-refractivity contribution in [1.82, 2.24) is 15.1 Å². The van der Waals surface area contributed by atoms with Crippen LogP contribution in [0.2, 0.25) is 5.02 Å². The molecule has 1 aliphatic rings. The second-order valence-electron chi connectivity index (χ2n) is 6.85. The highest BCUT2D eigenvalue weighted by Crippen LogP contribution is 2.21. The zero-order chi connectivity index (χ0) is 18.7. The van der Waals surface area contributed by atoms with Crippen LogP contribution in [0.4, 0.5) is 0 Å². The molecule has 26 heavy (non-hydrogen) atoms. The molecule has 0 unspecified atom stereocenters. The van der Waals surface area contributed by atoms with Crippen LogP contribution in [-0.4, -0.2) is 27.8 Å². The van der Waals surface area contributed by atoms with E-state index in [0.29, 0.717) is 23.9 Å². The number of carbonyl (C=O) groups excluding carboxylic acids is 1. The second kappa shape index (κ2) is 7.50. The predicted octanol–water partition coefficient (Wildman–Crippen LogP) is 2.36. The molecule has 1 aromatic heterocycles. The van der Waals surface area contributed by atoms with Gasteiger partial charge in [-0.2, -0.15) is 5.10 Å². The SMILES string of the molecule is CC(C)(Oc1ccc(Cl)cc1)C(=O)NCCn1nc2c(cc1=O)CCC2. The molecule has 2 aromatic rings. The normalized spacial score (nSPS) is 13.3. The van der Waals surface area contributed by atoms with Crippen LogP contribution in [0.25, 0.3) is 0 Å². The van der Waals surface area contributed by atoms with Gasteiger partial charge in [-0.15, -0.1) is 0 Å². The van der Waals surface area contributed by atoms with Gasteiger partial charge in [-0.1, -0.05) is 11.6 Å². The van der Waals surface area contributed by atoms with Crippen LogP contribution in [0, 0.1) is 0 Å². The zero-order valence-electron chi connectivity index (χ0n) is 14.9. The summed E-state index contributed by atoms with van der Waals surface area (Å²) >= 11 is 5.85. The molecule has 7 heteroatoms. The maximum absolute atomic E-state index is 12.4. The molecule has 0 bridgehead atoms. The molecule has 0 atom stereocenters. The van der Waals surface area contributed by atoms with E-state index in [-0.39, 0.29) is 11.5 Å². The molecule has 0 radical (unpaired) electrons. The van der Waals surface area contributed by atoms with E-state index in [2.05, 4.69) is 10.4 Å². The average Bonchev–Trinajstić information content (AvgIpc) is 3.03. The van der Waals surface area contributed by atoms with E-state index < -0.39 is 5.60 Å². The highest BCUT2D eigenvalue weighted by atomic mass is 35.5. The second-order valence-corrected chi connectivity index (χ2v) is 7.29. The summed E-state index contributed by atoms with van der Waals surface area (Å²) in [5, 5.41) is 7.81. The van der Waals surface area contributed by atoms with Gasteiger partial charge in [-0.05, 0) is 62.9 Å². The number of aryl methyl sites for hydroxylation is 2. The number of nitrogens with one attached hydrogen (secondary N) is 1. The lowest BCUT2D eigenvalue weighted by Gasteiger charge is -2.25. The van der Waals surface area contributed by atoms with Crippen molar-refractivity contribution in [2.75, 3.05) is 6.54 Å². The van der Waals surface area contributed by atoms with E-state index in [9.17, 15) is 9.59 Å². The van der Waals surface area contributed by atoms with Crippen LogP contribution in [0.5, 0.6) is 5.75 Å². The molecule has 1 amide bonds. The third-order valence-electron chi connectivity index (χ3n) is 4.37. The number of aromatic nitrogens is 2. The predicted molar refractivity (Wildman–Crippen MR) is 99.7 cm³/mol. The first-order valence-electron chi connectivity index (χ1n) is 8.68. The van der Waals surface area contributed by atoms with Gasteiger partial charge in [0.25, 0.3) is 11.5 Å². The summed E-state index contributed by atoms with van der Waals surface area (Å²) in [6.07, 6.45) is 2.87. The Hall–Kier alpha value is -2.34. The van der Waals surface area contributed by atoms with Gasteiger partial charge < -0.3 is 10.1 Å². The fourth-order valence-corrected chi connectivity index (χ4v) is 3.06. The number of nitrogens with zero attached hydrogens (tertiary/aromatic N) is 2. The standard InChI is InChI=1S/C19H22ClN3O3/c1-19(2,26-15-8-6-14(20)7-9-15)18(25)21-10-11-23-17(24)12-13-4-3-5-16(13)22-23/h6-9,12H,3-5,10-11H2,1-2H3,(H,21,25). The Morgan fingerprint density at radius 1 is 1.31 bits per heavy atom. The Balaban J connectivity index is 1.56. The van der Waals surface area contributed by atoms with E-state index in [4.69, 9.17) is 16.3 Å². The van der Waals surface area contributed by atoms with Crippen molar-refractivity contribution >= 4 is 17.5 Å². The van der Waals surface area contributed by atoms with Crippen LogP contribution in [0.1, 0.15) is 31.5 Å². The van der Waals surface area contributed by atoms with Crippen molar-refractivity contribution in [2.24, 2.45) is 0 Å². The smallest absolute Gasteiger partial charge is 0.267 e. The van der Waals surface area contributed by atoms with Gasteiger partial charge in [0.05, 0.1) is 12.2 Å². The lowest BCUT2D eigenvalue weighted by atomic mass is 10.1. The Morgan fingerprint density at radius 3 is 2.77 bits per heavy atom. The van der Waals surface area contributed by atoms with Crippen LogP contribution < -0.4 is 15.6 Å². The summed E-state index contributed by atoms with van der Waals surface area (Å²) in [5.74, 6) is 0.299. The van der Waals surface area contributed by atoms with E-state index in [0.717, 1.165) is 30.5 Å². The van der Waals surface area contributed by atoms with Gasteiger partial charge >= 0.3 is 0 Å². The van der Waals surface area contributed by atoms with Gasteiger partial charge in [0, 0.05) is 17.6 Å². The minimum absolute atomic E-state index is 0.128. The number of ether oxygens (including phenoxy) is 1. The number of hydrogen-bond acceptors (Lipinski definition) is 4. The first-order chi connectivity index (χ1) is 12.3. The molecule has 0 fully saturated rings. The molecule has 1 N–H and O–H groups in total. The first kappa shape index (κ1) is 18.5. The van der Waals surface area contributed by atoms with E-state index in [1.807, 2.05) is 0 Å². The summed E-state index contributed by atoms with van der Waals surface area (Å²) in [4.78, 5) is 24.5. The largest absolute Gasteiger partial charge is 0.478 e. The summed E-state index contributed by atoms with van der Waals surface area (Å²) < 4.78 is 7.16. The highest BCUT2D eigenvalue weighted by molar-refractivity contribution is 6.30. The quantitative estimate of drug-likeness (QED) is 0.841. The number of hydrogen-bond donors (Lipinski definition) is 1. The first-order valence-corrected chi connectivity index (χ1v) is 9.06. The van der Waals surface area contributed by atoms with Gasteiger partial charge in [-0.25, -0.2) is 4.68 Å². The van der Waals surface area contributed by atoms with Gasteiger partial charge in [0.1, 0.15) is 5.75 Å². The van der Waals surface area contributed by atoms with Crippen molar-refractivity contribution in [3.63, 3.8) is 0 Å². The maximum atomic E-state index is 12.4. The summed E-state index contributed by atoms with van der Waals surface area (Å²) in [6, 6.07) is 8.50. The molecule has 1 aromatic carbocycles. The van der Waals surface area contributed by atoms with Gasteiger partial charge in [0.15, 0.2) is 5.60 Å². The van der Waals surface area contributed by atoms with Crippen LogP contribution in [0.3, 0.4) is 0 Å². The van der Waals surface area contributed by atoms with Crippen molar-refractivity contribution in [1.29, 1.82) is 0 Å². The summed E-state index contributed by atoms with van der Waals surface area (Å²) in [6.45, 7) is 4.01. The Morgan fingerprint density at radius 2 is 2.04 bits per heavy atom. The minimum Gasteiger partial charge on any atom is -0.478 e. The van der Waals surface area contributed by atoms with E-state index in [1.54, 1.807) is 44.2 Å². The fourth-order valence-electron chi connectivity index (χ4n) is 2.93. The van der Waals surface area contributed by atoms with E-state index in [1.165, 1.54) is 4.68 Å². The molecule has 1 aliphatic carbocycles. The monoisotopic (exact) mass is 375 g/mol. The van der Waals surface area contributed by atoms with Gasteiger partial charge in [-0.3, -0.25) is 9.59 Å². The lowest BCUT2D eigenvalue weighted by Crippen LogP contribution is -2.47. The fraction of sp³-hybridized carbons (Fsp3) is 0.421. The highest BCUT2D eigenvalue weighted by Gasteiger charge is 2.29. The topological polar surface area (TPSA) is 73.2 Å². The Bertz CT molecular complexity index is 859. The molecule has 138 valence electrons. The molecular weight excluding hydrogens is 354 g/mol. The van der Waals surface area contributed by atoms with Crippen molar-refractivity contribution in [3.05, 3.63) is 57.0 Å². The molecule has 3 rings (SSSR count). The molecule has 1 heterocycles. The number of fused-ring (bicyclic) bond motifs is 1. The Kier molecular flexibility index (Phi) is 5.32. The third kappa shape index (κ3) is 4.25. The minimum atomic E-state index is -1.05. The molecule has 0 saturated carbocycles. The van der Waals surface area contributed by atoms with Crippen molar-refractivity contribution < 1.29 is 9.53 Å². The zero-order valence-corrected chi connectivity index (χ0v) is 15.7. The lowest BCUT2D eigenvalue weighted by molar-refractivity contribution is -0.134. The van der Waals surface area contributed by atoms with Crippen molar-refractivity contribution in [3.8, 4) is 5.75 Å². The van der Waals surface area contributed by atoms with Crippen LogP contribution >= 0.6 is 11.6 Å². The number of amides is 1. The summed E-state index contributed by atoms with van der Waals surface area (Å²) in [7, 11) is 0. The van der Waals surface area contributed by atoms with E-state index >= 15 is 0 Å². The van der Waals surface area contributed by atoms with Gasteiger partial charge in [0.2, 0.25) is 0 Å². The van der Waals surface area contributed by atoms with Crippen LogP contribution in [-0.2, 0) is 24.2 Å². The molecular formula is C19H22ClN3O3. The molecule has 0 spiro atoms. The number of rotatable bonds is 6. The molecule has 6 nitrogen and oxygen atoms in total. The van der Waals surface area contributed by atoms with Crippen molar-refractivity contribution in [2.45, 2.75) is 45.3 Å². The van der Waals surface area contributed by atoms with Crippen LogP contribution in [0.15, 0.2) is 35.1 Å². The molecule has 0 aliphatic heterocycles. The molecule has 0 saturated heterocycles. The maximum Gasteiger partial charge on any atom is 0.267 e. The summed E-state index contributed by atoms with van der Waals surface area (Å²) in [5.41, 5.74) is 0.858. The number of carbonyl (C=O) groups is 1. The average molecular weight is 376 g/mol. The Labute approximate surface area is 157 Å².